The highest BCUT2D eigenvalue weighted by atomic mass is 35.5. The SMILES string of the molecule is CCCCN(C)C(=O)c1ccc(Cl)c(S(=O)(=O)N2CCCC2)c1. The highest BCUT2D eigenvalue weighted by Gasteiger charge is 2.30. The second-order valence-electron chi connectivity index (χ2n) is 5.84. The molecular formula is C16H23ClN2O3S. The Morgan fingerprint density at radius 3 is 2.57 bits per heavy atom. The van der Waals surface area contributed by atoms with Crippen molar-refractivity contribution in [3.05, 3.63) is 28.8 Å². The molecule has 1 aromatic carbocycles. The van der Waals surface area contributed by atoms with E-state index in [1.165, 1.54) is 16.4 Å². The molecule has 7 heteroatoms. The molecule has 0 bridgehead atoms. The van der Waals surface area contributed by atoms with Gasteiger partial charge in [-0.3, -0.25) is 4.79 Å². The number of hydrogen-bond donors (Lipinski definition) is 0. The maximum Gasteiger partial charge on any atom is 0.253 e. The van der Waals surface area contributed by atoms with E-state index in [0.29, 0.717) is 25.2 Å². The predicted molar refractivity (Wildman–Crippen MR) is 91.3 cm³/mol. The lowest BCUT2D eigenvalue weighted by Gasteiger charge is -2.19. The zero-order valence-corrected chi connectivity index (χ0v) is 15.2. The van der Waals surface area contributed by atoms with Gasteiger partial charge in [-0.15, -0.1) is 0 Å². The largest absolute Gasteiger partial charge is 0.342 e. The average Bonchev–Trinajstić information content (AvgIpc) is 3.07. The van der Waals surface area contributed by atoms with Crippen LogP contribution in [-0.4, -0.2) is 50.2 Å². The first-order valence-electron chi connectivity index (χ1n) is 7.93. The quantitative estimate of drug-likeness (QED) is 0.785. The van der Waals surface area contributed by atoms with Crippen LogP contribution in [0.3, 0.4) is 0 Å². The Morgan fingerprint density at radius 1 is 1.30 bits per heavy atom. The van der Waals surface area contributed by atoms with E-state index in [1.54, 1.807) is 18.0 Å². The van der Waals surface area contributed by atoms with Gasteiger partial charge < -0.3 is 4.90 Å². The summed E-state index contributed by atoms with van der Waals surface area (Å²) in [6.07, 6.45) is 3.62. The van der Waals surface area contributed by atoms with Crippen LogP contribution in [0.5, 0.6) is 0 Å². The number of benzene rings is 1. The lowest BCUT2D eigenvalue weighted by molar-refractivity contribution is 0.0793. The van der Waals surface area contributed by atoms with Crippen LogP contribution < -0.4 is 0 Å². The lowest BCUT2D eigenvalue weighted by Crippen LogP contribution is -2.30. The minimum absolute atomic E-state index is 0.0239. The Hall–Kier alpha value is -1.11. The molecular weight excluding hydrogens is 336 g/mol. The van der Waals surface area contributed by atoms with E-state index >= 15 is 0 Å². The molecule has 0 aliphatic carbocycles. The van der Waals surface area contributed by atoms with Crippen LogP contribution in [0.15, 0.2) is 23.1 Å². The van der Waals surface area contributed by atoms with Crippen molar-refractivity contribution in [3.8, 4) is 0 Å². The van der Waals surface area contributed by atoms with Crippen LogP contribution >= 0.6 is 11.6 Å². The molecule has 0 saturated carbocycles. The topological polar surface area (TPSA) is 57.7 Å². The Kier molecular flexibility index (Phi) is 6.06. The monoisotopic (exact) mass is 358 g/mol. The predicted octanol–water partition coefficient (Wildman–Crippen LogP) is 3.00. The third-order valence-corrected chi connectivity index (χ3v) is 6.43. The van der Waals surface area contributed by atoms with E-state index in [-0.39, 0.29) is 15.8 Å². The Labute approximate surface area is 143 Å². The molecule has 0 N–H and O–H groups in total. The number of unbranched alkanes of at least 4 members (excludes halogenated alkanes) is 1. The van der Waals surface area contributed by atoms with E-state index in [4.69, 9.17) is 11.6 Å². The van der Waals surface area contributed by atoms with Crippen LogP contribution in [0.4, 0.5) is 0 Å². The van der Waals surface area contributed by atoms with Crippen molar-refractivity contribution < 1.29 is 13.2 Å². The summed E-state index contributed by atoms with van der Waals surface area (Å²) in [7, 11) is -1.91. The number of carbonyl (C=O) groups excluding carboxylic acids is 1. The molecule has 0 atom stereocenters. The Morgan fingerprint density at radius 2 is 1.96 bits per heavy atom. The molecule has 128 valence electrons. The Bertz CT molecular complexity index is 670. The van der Waals surface area contributed by atoms with Gasteiger partial charge in [-0.1, -0.05) is 24.9 Å². The van der Waals surface area contributed by atoms with E-state index in [1.807, 2.05) is 0 Å². The van der Waals surface area contributed by atoms with Gasteiger partial charge in [-0.05, 0) is 37.5 Å². The first kappa shape index (κ1) is 18.2. The Balaban J connectivity index is 2.30. The maximum atomic E-state index is 12.7. The van der Waals surface area contributed by atoms with E-state index in [0.717, 1.165) is 25.7 Å². The number of hydrogen-bond acceptors (Lipinski definition) is 3. The molecule has 2 rings (SSSR count). The van der Waals surface area contributed by atoms with Gasteiger partial charge in [0.2, 0.25) is 10.0 Å². The fourth-order valence-corrected chi connectivity index (χ4v) is 4.64. The maximum absolute atomic E-state index is 12.7. The normalized spacial score (nSPS) is 15.8. The number of carbonyl (C=O) groups is 1. The highest BCUT2D eigenvalue weighted by molar-refractivity contribution is 7.89. The minimum atomic E-state index is -3.64. The van der Waals surface area contributed by atoms with Crippen molar-refractivity contribution in [1.29, 1.82) is 0 Å². The summed E-state index contributed by atoms with van der Waals surface area (Å²) >= 11 is 6.10. The fourth-order valence-electron chi connectivity index (χ4n) is 2.62. The summed E-state index contributed by atoms with van der Waals surface area (Å²) in [4.78, 5) is 14.1. The van der Waals surface area contributed by atoms with Crippen molar-refractivity contribution in [3.63, 3.8) is 0 Å². The third-order valence-electron chi connectivity index (χ3n) is 4.05. The molecule has 1 amide bonds. The molecule has 1 saturated heterocycles. The lowest BCUT2D eigenvalue weighted by atomic mass is 10.2. The zero-order chi connectivity index (χ0) is 17.0. The molecule has 5 nitrogen and oxygen atoms in total. The summed E-state index contributed by atoms with van der Waals surface area (Å²) in [5.41, 5.74) is 0.353. The van der Waals surface area contributed by atoms with Crippen molar-refractivity contribution in [2.45, 2.75) is 37.5 Å². The van der Waals surface area contributed by atoms with Gasteiger partial charge in [0, 0.05) is 32.2 Å². The number of halogens is 1. The molecule has 1 aliphatic rings. The molecule has 0 unspecified atom stereocenters. The second kappa shape index (κ2) is 7.64. The van der Waals surface area contributed by atoms with Gasteiger partial charge in [0.1, 0.15) is 4.90 Å². The first-order valence-corrected chi connectivity index (χ1v) is 9.75. The van der Waals surface area contributed by atoms with Gasteiger partial charge in [0.05, 0.1) is 5.02 Å². The highest BCUT2D eigenvalue weighted by Crippen LogP contribution is 2.28. The molecule has 1 aliphatic heterocycles. The second-order valence-corrected chi connectivity index (χ2v) is 8.15. The van der Waals surface area contributed by atoms with Gasteiger partial charge in [0.15, 0.2) is 0 Å². The van der Waals surface area contributed by atoms with Crippen LogP contribution in [0.25, 0.3) is 0 Å². The first-order chi connectivity index (χ1) is 10.9. The van der Waals surface area contributed by atoms with Gasteiger partial charge in [-0.2, -0.15) is 4.31 Å². The van der Waals surface area contributed by atoms with Crippen LogP contribution in [0, 0.1) is 0 Å². The molecule has 1 fully saturated rings. The summed E-state index contributed by atoms with van der Waals surface area (Å²) in [6.45, 7) is 3.72. The summed E-state index contributed by atoms with van der Waals surface area (Å²) < 4.78 is 26.8. The molecule has 23 heavy (non-hydrogen) atoms. The van der Waals surface area contributed by atoms with Crippen molar-refractivity contribution in [2.24, 2.45) is 0 Å². The number of amides is 1. The average molecular weight is 359 g/mol. The molecule has 0 radical (unpaired) electrons. The van der Waals surface area contributed by atoms with E-state index in [9.17, 15) is 13.2 Å². The molecule has 0 aromatic heterocycles. The third kappa shape index (κ3) is 4.05. The van der Waals surface area contributed by atoms with Crippen molar-refractivity contribution in [1.82, 2.24) is 9.21 Å². The minimum Gasteiger partial charge on any atom is -0.342 e. The fraction of sp³-hybridized carbons (Fsp3) is 0.562. The summed E-state index contributed by atoms with van der Waals surface area (Å²) in [5.74, 6) is -0.187. The van der Waals surface area contributed by atoms with Gasteiger partial charge in [0.25, 0.3) is 5.91 Å². The molecule has 1 aromatic rings. The van der Waals surface area contributed by atoms with Crippen LogP contribution in [0.2, 0.25) is 5.02 Å². The van der Waals surface area contributed by atoms with E-state index < -0.39 is 10.0 Å². The number of sulfonamides is 1. The van der Waals surface area contributed by atoms with Crippen molar-refractivity contribution >= 4 is 27.5 Å². The van der Waals surface area contributed by atoms with Gasteiger partial charge >= 0.3 is 0 Å². The number of rotatable bonds is 6. The van der Waals surface area contributed by atoms with Crippen LogP contribution in [0.1, 0.15) is 43.0 Å². The molecule has 1 heterocycles. The standard InChI is InChI=1S/C16H23ClN2O3S/c1-3-4-9-18(2)16(20)13-7-8-14(17)15(12-13)23(21,22)19-10-5-6-11-19/h7-8,12H,3-6,9-11H2,1-2H3. The number of nitrogens with zero attached hydrogens (tertiary/aromatic N) is 2. The molecule has 0 spiro atoms. The van der Waals surface area contributed by atoms with Gasteiger partial charge in [-0.25, -0.2) is 8.42 Å². The summed E-state index contributed by atoms with van der Waals surface area (Å²) in [5, 5.41) is 0.157. The van der Waals surface area contributed by atoms with Crippen molar-refractivity contribution in [2.75, 3.05) is 26.7 Å². The van der Waals surface area contributed by atoms with E-state index in [2.05, 4.69) is 6.92 Å². The smallest absolute Gasteiger partial charge is 0.253 e. The zero-order valence-electron chi connectivity index (χ0n) is 13.6. The summed E-state index contributed by atoms with van der Waals surface area (Å²) in [6, 6.07) is 4.47. The van der Waals surface area contributed by atoms with Crippen LogP contribution in [-0.2, 0) is 10.0 Å².